The molecule has 1 heterocycles. The van der Waals surface area contributed by atoms with Crippen molar-refractivity contribution < 1.29 is 0 Å². The van der Waals surface area contributed by atoms with Gasteiger partial charge in [0.1, 0.15) is 0 Å². The molecule has 100 valence electrons. The molecule has 2 nitrogen and oxygen atoms in total. The van der Waals surface area contributed by atoms with Gasteiger partial charge >= 0.3 is 0 Å². The highest BCUT2D eigenvalue weighted by molar-refractivity contribution is 5.55. The van der Waals surface area contributed by atoms with Gasteiger partial charge in [-0.3, -0.25) is 4.90 Å². The van der Waals surface area contributed by atoms with Crippen molar-refractivity contribution >= 4 is 5.69 Å². The molecule has 0 unspecified atom stereocenters. The molecular formula is C16H26N2. The second-order valence-corrected chi connectivity index (χ2v) is 6.59. The first kappa shape index (κ1) is 13.4. The van der Waals surface area contributed by atoms with Gasteiger partial charge in [-0.1, -0.05) is 32.9 Å². The zero-order valence-corrected chi connectivity index (χ0v) is 12.5. The summed E-state index contributed by atoms with van der Waals surface area (Å²) < 4.78 is 0. The SMILES string of the molecule is Cc1cc(C(C)(C)C)ccc1N1CCCN(C)C1. The first-order valence-electron chi connectivity index (χ1n) is 6.92. The van der Waals surface area contributed by atoms with E-state index in [1.54, 1.807) is 0 Å². The molecule has 0 spiro atoms. The number of aryl methyl sites for hydroxylation is 1. The number of anilines is 1. The Balaban J connectivity index is 2.24. The van der Waals surface area contributed by atoms with Crippen LogP contribution in [0.2, 0.25) is 0 Å². The van der Waals surface area contributed by atoms with Crippen molar-refractivity contribution in [3.05, 3.63) is 29.3 Å². The minimum Gasteiger partial charge on any atom is -0.358 e. The van der Waals surface area contributed by atoms with Gasteiger partial charge in [0.2, 0.25) is 0 Å². The zero-order chi connectivity index (χ0) is 13.3. The fraction of sp³-hybridized carbons (Fsp3) is 0.625. The molecule has 1 saturated heterocycles. The maximum Gasteiger partial charge on any atom is 0.0704 e. The molecule has 0 amide bonds. The van der Waals surface area contributed by atoms with Crippen molar-refractivity contribution in [1.29, 1.82) is 0 Å². The summed E-state index contributed by atoms with van der Waals surface area (Å²) in [5.41, 5.74) is 4.46. The lowest BCUT2D eigenvalue weighted by Crippen LogP contribution is -2.43. The summed E-state index contributed by atoms with van der Waals surface area (Å²) in [6.07, 6.45) is 1.26. The van der Waals surface area contributed by atoms with E-state index in [4.69, 9.17) is 0 Å². The molecule has 1 aromatic rings. The van der Waals surface area contributed by atoms with E-state index in [2.05, 4.69) is 62.7 Å². The van der Waals surface area contributed by atoms with Crippen molar-refractivity contribution in [2.75, 3.05) is 31.7 Å². The average molecular weight is 246 g/mol. The largest absolute Gasteiger partial charge is 0.358 e. The Morgan fingerprint density at radius 3 is 2.39 bits per heavy atom. The highest BCUT2D eigenvalue weighted by atomic mass is 15.3. The second-order valence-electron chi connectivity index (χ2n) is 6.59. The average Bonchev–Trinajstić information content (AvgIpc) is 2.27. The van der Waals surface area contributed by atoms with E-state index in [0.29, 0.717) is 0 Å². The van der Waals surface area contributed by atoms with Gasteiger partial charge in [-0.25, -0.2) is 0 Å². The summed E-state index contributed by atoms with van der Waals surface area (Å²) in [5.74, 6) is 0. The second kappa shape index (κ2) is 4.93. The molecule has 1 fully saturated rings. The highest BCUT2D eigenvalue weighted by Gasteiger charge is 2.19. The Morgan fingerprint density at radius 2 is 1.83 bits per heavy atom. The van der Waals surface area contributed by atoms with Crippen LogP contribution >= 0.6 is 0 Å². The quantitative estimate of drug-likeness (QED) is 0.749. The third-order valence-electron chi connectivity index (χ3n) is 3.78. The first-order valence-corrected chi connectivity index (χ1v) is 6.92. The van der Waals surface area contributed by atoms with E-state index < -0.39 is 0 Å². The molecule has 0 saturated carbocycles. The number of benzene rings is 1. The van der Waals surface area contributed by atoms with Crippen molar-refractivity contribution in [3.63, 3.8) is 0 Å². The lowest BCUT2D eigenvalue weighted by Gasteiger charge is -2.36. The van der Waals surface area contributed by atoms with Crippen LogP contribution in [0.15, 0.2) is 18.2 Å². The van der Waals surface area contributed by atoms with Crippen LogP contribution in [0.1, 0.15) is 38.3 Å². The fourth-order valence-corrected chi connectivity index (χ4v) is 2.64. The maximum absolute atomic E-state index is 2.49. The van der Waals surface area contributed by atoms with E-state index in [9.17, 15) is 0 Å². The summed E-state index contributed by atoms with van der Waals surface area (Å²) in [6.45, 7) is 12.5. The Kier molecular flexibility index (Phi) is 3.67. The van der Waals surface area contributed by atoms with E-state index in [1.165, 1.54) is 36.3 Å². The Morgan fingerprint density at radius 1 is 1.11 bits per heavy atom. The standard InChI is InChI=1S/C16H26N2/c1-13-11-14(16(2,3)4)7-8-15(13)18-10-6-9-17(5)12-18/h7-8,11H,6,9-10,12H2,1-5H3. The summed E-state index contributed by atoms with van der Waals surface area (Å²) in [4.78, 5) is 4.88. The minimum absolute atomic E-state index is 0.238. The minimum atomic E-state index is 0.238. The molecule has 1 aliphatic rings. The van der Waals surface area contributed by atoms with Crippen LogP contribution in [0.4, 0.5) is 5.69 Å². The van der Waals surface area contributed by atoms with Crippen LogP contribution < -0.4 is 4.90 Å². The number of nitrogens with zero attached hydrogens (tertiary/aromatic N) is 2. The van der Waals surface area contributed by atoms with Crippen LogP contribution in [0, 0.1) is 6.92 Å². The van der Waals surface area contributed by atoms with Crippen LogP contribution in [-0.2, 0) is 5.41 Å². The van der Waals surface area contributed by atoms with E-state index in [1.807, 2.05) is 0 Å². The summed E-state index contributed by atoms with van der Waals surface area (Å²) in [6, 6.07) is 6.94. The van der Waals surface area contributed by atoms with Crippen molar-refractivity contribution in [1.82, 2.24) is 4.90 Å². The topological polar surface area (TPSA) is 6.48 Å². The maximum atomic E-state index is 2.49. The lowest BCUT2D eigenvalue weighted by molar-refractivity contribution is 0.292. The molecule has 1 aromatic carbocycles. The third-order valence-corrected chi connectivity index (χ3v) is 3.78. The number of rotatable bonds is 1. The molecule has 1 aliphatic heterocycles. The smallest absolute Gasteiger partial charge is 0.0704 e. The predicted molar refractivity (Wildman–Crippen MR) is 79.3 cm³/mol. The van der Waals surface area contributed by atoms with E-state index >= 15 is 0 Å². The van der Waals surface area contributed by atoms with Crippen LogP contribution in [0.5, 0.6) is 0 Å². The Hall–Kier alpha value is -1.02. The molecule has 0 aromatic heterocycles. The van der Waals surface area contributed by atoms with Crippen molar-refractivity contribution in [2.24, 2.45) is 0 Å². The summed E-state index contributed by atoms with van der Waals surface area (Å²) >= 11 is 0. The van der Waals surface area contributed by atoms with E-state index in [-0.39, 0.29) is 5.41 Å². The van der Waals surface area contributed by atoms with Crippen molar-refractivity contribution in [3.8, 4) is 0 Å². The van der Waals surface area contributed by atoms with Gasteiger partial charge in [-0.05, 0) is 43.0 Å². The van der Waals surface area contributed by atoms with Gasteiger partial charge in [0, 0.05) is 18.8 Å². The Labute approximate surface area is 112 Å². The summed E-state index contributed by atoms with van der Waals surface area (Å²) in [5, 5.41) is 0. The normalized spacial score (nSPS) is 18.2. The van der Waals surface area contributed by atoms with Crippen molar-refractivity contribution in [2.45, 2.75) is 39.5 Å². The summed E-state index contributed by atoms with van der Waals surface area (Å²) in [7, 11) is 2.20. The van der Waals surface area contributed by atoms with E-state index in [0.717, 1.165) is 6.67 Å². The fourth-order valence-electron chi connectivity index (χ4n) is 2.64. The van der Waals surface area contributed by atoms with Gasteiger partial charge in [0.15, 0.2) is 0 Å². The molecule has 0 bridgehead atoms. The Bertz CT molecular complexity index is 418. The van der Waals surface area contributed by atoms with Gasteiger partial charge in [0.05, 0.1) is 6.67 Å². The zero-order valence-electron chi connectivity index (χ0n) is 12.5. The molecule has 0 atom stereocenters. The first-order chi connectivity index (χ1) is 8.38. The molecule has 18 heavy (non-hydrogen) atoms. The van der Waals surface area contributed by atoms with Gasteiger partial charge in [-0.15, -0.1) is 0 Å². The van der Waals surface area contributed by atoms with Crippen LogP contribution in [0.3, 0.4) is 0 Å². The predicted octanol–water partition coefficient (Wildman–Crippen LogP) is 3.39. The van der Waals surface area contributed by atoms with Gasteiger partial charge in [0.25, 0.3) is 0 Å². The molecule has 2 heteroatoms. The van der Waals surface area contributed by atoms with Crippen LogP contribution in [0.25, 0.3) is 0 Å². The van der Waals surface area contributed by atoms with Gasteiger partial charge in [-0.2, -0.15) is 0 Å². The molecule has 0 aliphatic carbocycles. The monoisotopic (exact) mass is 246 g/mol. The molecule has 0 N–H and O–H groups in total. The lowest BCUT2D eigenvalue weighted by atomic mass is 9.86. The number of hydrogen-bond acceptors (Lipinski definition) is 2. The number of hydrogen-bond donors (Lipinski definition) is 0. The molecular weight excluding hydrogens is 220 g/mol. The molecule has 2 rings (SSSR count). The van der Waals surface area contributed by atoms with Crippen LogP contribution in [-0.4, -0.2) is 31.7 Å². The highest BCUT2D eigenvalue weighted by Crippen LogP contribution is 2.29. The molecule has 0 radical (unpaired) electrons. The third kappa shape index (κ3) is 2.86. The van der Waals surface area contributed by atoms with Gasteiger partial charge < -0.3 is 4.90 Å².